The Labute approximate surface area is 181 Å². The van der Waals surface area contributed by atoms with E-state index in [0.717, 1.165) is 18.4 Å². The molecule has 2 atom stereocenters. The lowest BCUT2D eigenvalue weighted by atomic mass is 9.90. The van der Waals surface area contributed by atoms with Gasteiger partial charge in [-0.25, -0.2) is 8.78 Å². The predicted molar refractivity (Wildman–Crippen MR) is 116 cm³/mol. The van der Waals surface area contributed by atoms with Gasteiger partial charge in [0.25, 0.3) is 0 Å². The predicted octanol–water partition coefficient (Wildman–Crippen LogP) is 6.23. The summed E-state index contributed by atoms with van der Waals surface area (Å²) in [6, 6.07) is 14.7. The highest BCUT2D eigenvalue weighted by Crippen LogP contribution is 2.34. The van der Waals surface area contributed by atoms with Crippen molar-refractivity contribution < 1.29 is 22.6 Å². The summed E-state index contributed by atoms with van der Waals surface area (Å²) in [6.45, 7) is 2.40. The molecule has 2 unspecified atom stereocenters. The van der Waals surface area contributed by atoms with E-state index in [0.29, 0.717) is 23.3 Å². The lowest BCUT2D eigenvalue weighted by Gasteiger charge is -2.27. The molecule has 1 aliphatic heterocycles. The Morgan fingerprint density at radius 1 is 0.903 bits per heavy atom. The fourth-order valence-electron chi connectivity index (χ4n) is 3.95. The molecule has 2 nitrogen and oxygen atoms in total. The van der Waals surface area contributed by atoms with Crippen LogP contribution in [0.15, 0.2) is 54.6 Å². The fraction of sp³-hybridized carbons (Fsp3) is 0.280. The van der Waals surface area contributed by atoms with Crippen LogP contribution >= 0.6 is 0 Å². The third kappa shape index (κ3) is 4.49. The van der Waals surface area contributed by atoms with Crippen LogP contribution in [-0.4, -0.2) is 27.1 Å². The highest BCUT2D eigenvalue weighted by atomic mass is 19.2. The van der Waals surface area contributed by atoms with Gasteiger partial charge in [-0.15, -0.1) is 0 Å². The summed E-state index contributed by atoms with van der Waals surface area (Å²) in [5, 5.41) is 0. The summed E-state index contributed by atoms with van der Waals surface area (Å²) in [7, 11) is 5.22. The Balaban J connectivity index is 1.57. The number of benzene rings is 3. The van der Waals surface area contributed by atoms with Gasteiger partial charge in [0.2, 0.25) is 5.82 Å². The molecule has 0 spiro atoms. The van der Waals surface area contributed by atoms with Crippen LogP contribution in [0, 0.1) is 17.5 Å². The minimum Gasteiger partial charge on any atom is -0.500 e. The molecule has 1 saturated heterocycles. The molecule has 3 aromatic carbocycles. The Morgan fingerprint density at radius 2 is 1.58 bits per heavy atom. The zero-order valence-corrected chi connectivity index (χ0v) is 17.2. The van der Waals surface area contributed by atoms with Gasteiger partial charge >= 0.3 is 0 Å². The zero-order valence-electron chi connectivity index (χ0n) is 17.2. The van der Waals surface area contributed by atoms with Crippen LogP contribution in [0.25, 0.3) is 22.3 Å². The number of hydrogen-bond donors (Lipinski definition) is 0. The number of hydrogen-bond acceptors (Lipinski definition) is 2. The van der Waals surface area contributed by atoms with E-state index in [9.17, 15) is 13.2 Å². The van der Waals surface area contributed by atoms with Crippen LogP contribution in [-0.2, 0) is 4.74 Å². The van der Waals surface area contributed by atoms with Crippen molar-refractivity contribution in [3.8, 4) is 28.0 Å². The molecule has 2 radical (unpaired) electrons. The minimum absolute atomic E-state index is 0.0933. The highest BCUT2D eigenvalue weighted by molar-refractivity contribution is 6.08. The van der Waals surface area contributed by atoms with Gasteiger partial charge in [-0.3, -0.25) is 0 Å². The molecular formula is C25H22BF3O2. The Bertz CT molecular complexity index is 1060. The number of rotatable bonds is 5. The quantitative estimate of drug-likeness (QED) is 0.454. The maximum Gasteiger partial charge on any atom is 0.201 e. The molecule has 1 fully saturated rings. The second kappa shape index (κ2) is 9.19. The Hall–Kier alpha value is -2.73. The monoisotopic (exact) mass is 422 g/mol. The molecule has 0 N–H and O–H groups in total. The average molecular weight is 422 g/mol. The topological polar surface area (TPSA) is 18.5 Å². The first-order valence-electron chi connectivity index (χ1n) is 10.3. The molecule has 158 valence electrons. The molecule has 3 aromatic rings. The van der Waals surface area contributed by atoms with Crippen molar-refractivity contribution in [2.45, 2.75) is 31.8 Å². The van der Waals surface area contributed by atoms with Crippen molar-refractivity contribution in [2.75, 3.05) is 13.1 Å². The normalized spacial score (nSPS) is 18.7. The third-order valence-electron chi connectivity index (χ3n) is 5.76. The van der Waals surface area contributed by atoms with E-state index in [1.54, 1.807) is 36.4 Å². The summed E-state index contributed by atoms with van der Waals surface area (Å²) < 4.78 is 54.0. The highest BCUT2D eigenvalue weighted by Gasteiger charge is 2.21. The molecule has 0 bridgehead atoms. The van der Waals surface area contributed by atoms with Crippen molar-refractivity contribution in [1.29, 1.82) is 0 Å². The van der Waals surface area contributed by atoms with Gasteiger partial charge in [0.15, 0.2) is 11.6 Å². The van der Waals surface area contributed by atoms with E-state index in [2.05, 4.69) is 0 Å². The lowest BCUT2D eigenvalue weighted by Crippen LogP contribution is -2.22. The molecule has 0 amide bonds. The minimum atomic E-state index is -1.09. The van der Waals surface area contributed by atoms with E-state index in [1.165, 1.54) is 12.1 Å². The third-order valence-corrected chi connectivity index (χ3v) is 5.76. The van der Waals surface area contributed by atoms with E-state index >= 15 is 0 Å². The van der Waals surface area contributed by atoms with Gasteiger partial charge in [0, 0.05) is 23.6 Å². The number of ether oxygens (including phenoxy) is 2. The van der Waals surface area contributed by atoms with E-state index in [4.69, 9.17) is 17.3 Å². The Morgan fingerprint density at radius 3 is 2.19 bits per heavy atom. The lowest BCUT2D eigenvalue weighted by molar-refractivity contribution is 0.0154. The SMILES string of the molecule is [B]COc1ccc(-c2ccc(-c3ccc(C4CCC(C)OC4)cc3F)cc2)c(F)c1F. The van der Waals surface area contributed by atoms with E-state index in [1.807, 2.05) is 13.0 Å². The molecule has 1 aliphatic rings. The van der Waals surface area contributed by atoms with Crippen LogP contribution in [0.1, 0.15) is 31.2 Å². The van der Waals surface area contributed by atoms with Crippen LogP contribution in [0.3, 0.4) is 0 Å². The maximum atomic E-state index is 14.9. The standard InChI is InChI=1S/C25H22BF3O2/c1-15-2-3-19(13-30-15)18-8-9-20(22(27)12-18)16-4-6-17(7-5-16)21-10-11-23(31-14-26)25(29)24(21)28/h4-12,15,19H,2-3,13-14H2,1H3. The smallest absolute Gasteiger partial charge is 0.201 e. The summed E-state index contributed by atoms with van der Waals surface area (Å²) in [5.41, 5.74) is 2.62. The van der Waals surface area contributed by atoms with E-state index < -0.39 is 11.6 Å². The van der Waals surface area contributed by atoms with Crippen LogP contribution in [0.2, 0.25) is 0 Å². The molecule has 31 heavy (non-hydrogen) atoms. The maximum absolute atomic E-state index is 14.9. The van der Waals surface area contributed by atoms with Gasteiger partial charge in [0.1, 0.15) is 13.7 Å². The Kier molecular flexibility index (Phi) is 6.37. The molecule has 0 aromatic heterocycles. The van der Waals surface area contributed by atoms with Gasteiger partial charge < -0.3 is 9.47 Å². The summed E-state index contributed by atoms with van der Waals surface area (Å²) in [5.74, 6) is -2.45. The molecule has 6 heteroatoms. The fourth-order valence-corrected chi connectivity index (χ4v) is 3.95. The molecule has 0 saturated carbocycles. The second-order valence-corrected chi connectivity index (χ2v) is 7.79. The van der Waals surface area contributed by atoms with Gasteiger partial charge in [-0.05, 0) is 54.7 Å². The molecule has 1 heterocycles. The average Bonchev–Trinajstić information content (AvgIpc) is 2.78. The summed E-state index contributed by atoms with van der Waals surface area (Å²) in [4.78, 5) is 0. The largest absolute Gasteiger partial charge is 0.500 e. The summed E-state index contributed by atoms with van der Waals surface area (Å²) in [6.07, 6.45) is 2.19. The zero-order chi connectivity index (χ0) is 22.0. The van der Waals surface area contributed by atoms with Crippen molar-refractivity contribution in [3.05, 3.63) is 77.6 Å². The van der Waals surface area contributed by atoms with Crippen LogP contribution < -0.4 is 4.74 Å². The van der Waals surface area contributed by atoms with Gasteiger partial charge in [-0.2, -0.15) is 4.39 Å². The van der Waals surface area contributed by atoms with Crippen molar-refractivity contribution in [3.63, 3.8) is 0 Å². The van der Waals surface area contributed by atoms with Gasteiger partial charge in [0.05, 0.1) is 12.7 Å². The van der Waals surface area contributed by atoms with Crippen molar-refractivity contribution in [2.24, 2.45) is 0 Å². The van der Waals surface area contributed by atoms with Gasteiger partial charge in [-0.1, -0.05) is 36.4 Å². The van der Waals surface area contributed by atoms with Crippen molar-refractivity contribution in [1.82, 2.24) is 0 Å². The van der Waals surface area contributed by atoms with Crippen molar-refractivity contribution >= 4 is 7.85 Å². The van der Waals surface area contributed by atoms with E-state index in [-0.39, 0.29) is 35.7 Å². The second-order valence-electron chi connectivity index (χ2n) is 7.79. The number of halogens is 3. The summed E-state index contributed by atoms with van der Waals surface area (Å²) >= 11 is 0. The van der Waals surface area contributed by atoms with Crippen LogP contribution in [0.5, 0.6) is 5.75 Å². The first kappa shape index (κ1) is 21.5. The molecule has 4 rings (SSSR count). The molecular weight excluding hydrogens is 400 g/mol. The first-order chi connectivity index (χ1) is 15.0. The van der Waals surface area contributed by atoms with Crippen LogP contribution in [0.4, 0.5) is 13.2 Å². The first-order valence-corrected chi connectivity index (χ1v) is 10.3. The molecule has 0 aliphatic carbocycles.